The molecule has 3 rings (SSSR count). The number of benzene rings is 1. The number of nitrogens with zero attached hydrogens (tertiary/aromatic N) is 3. The smallest absolute Gasteiger partial charge is 0.224 e. The fourth-order valence-corrected chi connectivity index (χ4v) is 3.18. The van der Waals surface area contributed by atoms with Crippen LogP contribution in [0.5, 0.6) is 0 Å². The Morgan fingerprint density at radius 3 is 2.52 bits per heavy atom. The number of hydrogen-bond donors (Lipinski definition) is 1. The molecule has 6 heteroatoms. The summed E-state index contributed by atoms with van der Waals surface area (Å²) in [5.74, 6) is -0.00161. The van der Waals surface area contributed by atoms with E-state index in [4.69, 9.17) is 0 Å². The Labute approximate surface area is 151 Å². The monoisotopic (exact) mass is 352 g/mol. The summed E-state index contributed by atoms with van der Waals surface area (Å²) in [7, 11) is 3.98. The second-order valence-electron chi connectivity index (χ2n) is 5.85. The van der Waals surface area contributed by atoms with Gasteiger partial charge in [0.1, 0.15) is 0 Å². The van der Waals surface area contributed by atoms with Crippen LogP contribution in [0.25, 0.3) is 11.3 Å². The largest absolute Gasteiger partial charge is 0.378 e. The summed E-state index contributed by atoms with van der Waals surface area (Å²) in [5, 5.41) is 5.91. The molecule has 0 saturated carbocycles. The summed E-state index contributed by atoms with van der Waals surface area (Å²) in [4.78, 5) is 22.8. The Hall–Kier alpha value is -2.73. The third kappa shape index (κ3) is 4.64. The zero-order chi connectivity index (χ0) is 17.6. The number of carbonyl (C=O) groups excluding carboxylic acids is 1. The molecule has 0 aliphatic rings. The SMILES string of the molecule is CN(C)c1ccc(NC(=O)CCc2nc(-c3ccncc3)cs2)cc1. The summed E-state index contributed by atoms with van der Waals surface area (Å²) in [6, 6.07) is 11.7. The van der Waals surface area contributed by atoms with E-state index in [0.29, 0.717) is 12.8 Å². The first-order valence-corrected chi connectivity index (χ1v) is 8.92. The van der Waals surface area contributed by atoms with Crippen LogP contribution < -0.4 is 10.2 Å². The lowest BCUT2D eigenvalue weighted by Crippen LogP contribution is -2.13. The van der Waals surface area contributed by atoms with Crippen LogP contribution in [0.15, 0.2) is 54.2 Å². The van der Waals surface area contributed by atoms with Crippen LogP contribution in [0.1, 0.15) is 11.4 Å². The quantitative estimate of drug-likeness (QED) is 0.732. The molecule has 1 aromatic carbocycles. The third-order valence-electron chi connectivity index (χ3n) is 3.76. The number of anilines is 2. The first-order valence-electron chi connectivity index (χ1n) is 8.04. The number of thiazole rings is 1. The number of aromatic nitrogens is 2. The second kappa shape index (κ2) is 7.90. The molecular weight excluding hydrogens is 332 g/mol. The third-order valence-corrected chi connectivity index (χ3v) is 4.67. The molecule has 0 unspecified atom stereocenters. The number of carbonyl (C=O) groups is 1. The maximum Gasteiger partial charge on any atom is 0.224 e. The van der Waals surface area contributed by atoms with E-state index >= 15 is 0 Å². The molecule has 1 amide bonds. The molecular formula is C19H20N4OS. The molecule has 3 aromatic rings. The summed E-state index contributed by atoms with van der Waals surface area (Å²) < 4.78 is 0. The van der Waals surface area contributed by atoms with Crippen molar-refractivity contribution in [2.24, 2.45) is 0 Å². The van der Waals surface area contributed by atoms with E-state index in [9.17, 15) is 4.79 Å². The van der Waals surface area contributed by atoms with Crippen molar-refractivity contribution in [1.29, 1.82) is 0 Å². The van der Waals surface area contributed by atoms with Gasteiger partial charge in [-0.05, 0) is 36.4 Å². The molecule has 1 N–H and O–H groups in total. The first kappa shape index (κ1) is 17.1. The van der Waals surface area contributed by atoms with Gasteiger partial charge in [-0.15, -0.1) is 11.3 Å². The topological polar surface area (TPSA) is 58.1 Å². The van der Waals surface area contributed by atoms with Gasteiger partial charge >= 0.3 is 0 Å². The van der Waals surface area contributed by atoms with E-state index in [2.05, 4.69) is 15.3 Å². The van der Waals surface area contributed by atoms with E-state index in [1.54, 1.807) is 23.7 Å². The number of hydrogen-bond acceptors (Lipinski definition) is 5. The average molecular weight is 352 g/mol. The maximum absolute atomic E-state index is 12.1. The molecule has 0 bridgehead atoms. The fraction of sp³-hybridized carbons (Fsp3) is 0.211. The van der Waals surface area contributed by atoms with Crippen molar-refractivity contribution in [1.82, 2.24) is 9.97 Å². The molecule has 0 saturated heterocycles. The Morgan fingerprint density at radius 2 is 1.84 bits per heavy atom. The standard InChI is InChI=1S/C19H20N4OS/c1-23(2)16-5-3-15(4-6-16)21-18(24)7-8-19-22-17(13-25-19)14-9-11-20-12-10-14/h3-6,9-13H,7-8H2,1-2H3,(H,21,24). The van der Waals surface area contributed by atoms with Crippen molar-refractivity contribution < 1.29 is 4.79 Å². The van der Waals surface area contributed by atoms with Crippen molar-refractivity contribution in [3.8, 4) is 11.3 Å². The van der Waals surface area contributed by atoms with Crippen molar-refractivity contribution in [2.45, 2.75) is 12.8 Å². The Kier molecular flexibility index (Phi) is 5.40. The molecule has 2 heterocycles. The first-order chi connectivity index (χ1) is 12.1. The number of nitrogens with one attached hydrogen (secondary N) is 1. The molecule has 0 radical (unpaired) electrons. The van der Waals surface area contributed by atoms with Crippen LogP contribution in [0, 0.1) is 0 Å². The van der Waals surface area contributed by atoms with Crippen molar-refractivity contribution in [2.75, 3.05) is 24.3 Å². The van der Waals surface area contributed by atoms with Crippen LogP contribution >= 0.6 is 11.3 Å². The highest BCUT2D eigenvalue weighted by Gasteiger charge is 2.08. The molecule has 0 spiro atoms. The van der Waals surface area contributed by atoms with Crippen LogP contribution in [0.2, 0.25) is 0 Å². The molecule has 0 aliphatic carbocycles. The van der Waals surface area contributed by atoms with E-state index < -0.39 is 0 Å². The van der Waals surface area contributed by atoms with Crippen LogP contribution in [-0.4, -0.2) is 30.0 Å². The average Bonchev–Trinajstić information content (AvgIpc) is 3.10. The second-order valence-corrected chi connectivity index (χ2v) is 6.79. The predicted molar refractivity (Wildman–Crippen MR) is 103 cm³/mol. The van der Waals surface area contributed by atoms with Crippen molar-refractivity contribution in [3.63, 3.8) is 0 Å². The minimum Gasteiger partial charge on any atom is -0.378 e. The lowest BCUT2D eigenvalue weighted by molar-refractivity contribution is -0.116. The Balaban J connectivity index is 1.53. The number of rotatable bonds is 6. The van der Waals surface area contributed by atoms with Crippen molar-refractivity contribution >= 4 is 28.6 Å². The highest BCUT2D eigenvalue weighted by Crippen LogP contribution is 2.22. The van der Waals surface area contributed by atoms with Crippen LogP contribution in [0.4, 0.5) is 11.4 Å². The normalized spacial score (nSPS) is 10.5. The molecule has 128 valence electrons. The van der Waals surface area contributed by atoms with Gasteiger partial charge in [-0.2, -0.15) is 0 Å². The zero-order valence-electron chi connectivity index (χ0n) is 14.3. The fourth-order valence-electron chi connectivity index (χ4n) is 2.37. The predicted octanol–water partition coefficient (Wildman–Crippen LogP) is 3.84. The van der Waals surface area contributed by atoms with Crippen LogP contribution in [0.3, 0.4) is 0 Å². The molecule has 2 aromatic heterocycles. The molecule has 0 fully saturated rings. The van der Waals surface area contributed by atoms with Gasteiger partial charge in [0, 0.05) is 61.6 Å². The van der Waals surface area contributed by atoms with Gasteiger partial charge in [0.25, 0.3) is 0 Å². The minimum atomic E-state index is -0.00161. The highest BCUT2D eigenvalue weighted by atomic mass is 32.1. The Morgan fingerprint density at radius 1 is 1.12 bits per heavy atom. The summed E-state index contributed by atoms with van der Waals surface area (Å²) >= 11 is 1.58. The van der Waals surface area contributed by atoms with Crippen LogP contribution in [-0.2, 0) is 11.2 Å². The van der Waals surface area contributed by atoms with Gasteiger partial charge in [-0.1, -0.05) is 0 Å². The minimum absolute atomic E-state index is 0.00161. The van der Waals surface area contributed by atoms with E-state index in [1.807, 2.05) is 60.8 Å². The lowest BCUT2D eigenvalue weighted by atomic mass is 10.2. The molecule has 0 atom stereocenters. The molecule has 0 aliphatic heterocycles. The van der Waals surface area contributed by atoms with E-state index in [-0.39, 0.29) is 5.91 Å². The highest BCUT2D eigenvalue weighted by molar-refractivity contribution is 7.09. The zero-order valence-corrected chi connectivity index (χ0v) is 15.1. The Bertz CT molecular complexity index is 828. The number of aryl methyl sites for hydroxylation is 1. The van der Waals surface area contributed by atoms with E-state index in [0.717, 1.165) is 27.6 Å². The summed E-state index contributed by atoms with van der Waals surface area (Å²) in [5.41, 5.74) is 3.89. The van der Waals surface area contributed by atoms with Gasteiger partial charge in [0.15, 0.2) is 0 Å². The van der Waals surface area contributed by atoms with Gasteiger partial charge in [-0.3, -0.25) is 9.78 Å². The lowest BCUT2D eigenvalue weighted by Gasteiger charge is -2.13. The summed E-state index contributed by atoms with van der Waals surface area (Å²) in [6.45, 7) is 0. The van der Waals surface area contributed by atoms with Crippen molar-refractivity contribution in [3.05, 3.63) is 59.2 Å². The summed E-state index contributed by atoms with van der Waals surface area (Å²) in [6.07, 6.45) is 4.56. The van der Waals surface area contributed by atoms with Gasteiger partial charge in [0.2, 0.25) is 5.91 Å². The number of amides is 1. The molecule has 25 heavy (non-hydrogen) atoms. The van der Waals surface area contributed by atoms with E-state index in [1.165, 1.54) is 0 Å². The number of pyridine rings is 1. The molecule has 5 nitrogen and oxygen atoms in total. The van der Waals surface area contributed by atoms with Gasteiger partial charge in [-0.25, -0.2) is 4.98 Å². The van der Waals surface area contributed by atoms with Gasteiger partial charge in [0.05, 0.1) is 10.7 Å². The maximum atomic E-state index is 12.1. The van der Waals surface area contributed by atoms with Gasteiger partial charge < -0.3 is 10.2 Å².